The lowest BCUT2D eigenvalue weighted by atomic mass is 10.1. The van der Waals surface area contributed by atoms with Gasteiger partial charge in [-0.1, -0.05) is 19.1 Å². The van der Waals surface area contributed by atoms with E-state index in [4.69, 9.17) is 4.98 Å². The molecule has 0 atom stereocenters. The molecule has 6 heteroatoms. The quantitative estimate of drug-likeness (QED) is 0.508. The van der Waals surface area contributed by atoms with E-state index in [9.17, 15) is 9.59 Å². The van der Waals surface area contributed by atoms with Gasteiger partial charge in [0.05, 0.1) is 5.52 Å². The molecule has 0 bridgehead atoms. The number of carbonyl (C=O) groups excluding carboxylic acids is 2. The largest absolute Gasteiger partial charge is 0.357 e. The molecule has 1 aliphatic rings. The van der Waals surface area contributed by atoms with E-state index in [1.165, 1.54) is 24.8 Å². The molecule has 0 unspecified atom stereocenters. The summed E-state index contributed by atoms with van der Waals surface area (Å²) in [5, 5.41) is 6.79. The van der Waals surface area contributed by atoms with Gasteiger partial charge in [0.1, 0.15) is 5.82 Å². The molecule has 2 heterocycles. The molecular formula is C27H32N4O2. The van der Waals surface area contributed by atoms with Crippen LogP contribution in [0.1, 0.15) is 50.2 Å². The van der Waals surface area contributed by atoms with Crippen molar-refractivity contribution in [3.63, 3.8) is 0 Å². The number of carbonyl (C=O) groups is 2. The first-order valence-corrected chi connectivity index (χ1v) is 11.9. The van der Waals surface area contributed by atoms with Gasteiger partial charge in [-0.05, 0) is 80.1 Å². The van der Waals surface area contributed by atoms with E-state index >= 15 is 0 Å². The Hall–Kier alpha value is -3.41. The Kier molecular flexibility index (Phi) is 7.23. The maximum absolute atomic E-state index is 12.4. The summed E-state index contributed by atoms with van der Waals surface area (Å²) in [6.07, 6.45) is 4.94. The first-order valence-electron chi connectivity index (χ1n) is 11.9. The highest BCUT2D eigenvalue weighted by atomic mass is 16.2. The molecule has 3 aromatic rings. The Morgan fingerprint density at radius 1 is 0.879 bits per heavy atom. The smallest absolute Gasteiger partial charge is 0.224 e. The fourth-order valence-corrected chi connectivity index (χ4v) is 4.24. The van der Waals surface area contributed by atoms with Gasteiger partial charge in [0.25, 0.3) is 0 Å². The van der Waals surface area contributed by atoms with Crippen LogP contribution >= 0.6 is 0 Å². The van der Waals surface area contributed by atoms with E-state index in [0.29, 0.717) is 0 Å². The molecule has 33 heavy (non-hydrogen) atoms. The summed E-state index contributed by atoms with van der Waals surface area (Å²) in [7, 11) is 0. The molecule has 1 saturated heterocycles. The van der Waals surface area contributed by atoms with Crippen molar-refractivity contribution in [2.24, 2.45) is 0 Å². The van der Waals surface area contributed by atoms with Crippen LogP contribution in [0.2, 0.25) is 0 Å². The minimum atomic E-state index is -0.179. The van der Waals surface area contributed by atoms with E-state index < -0.39 is 0 Å². The van der Waals surface area contributed by atoms with Crippen molar-refractivity contribution in [2.45, 2.75) is 52.4 Å². The molecule has 1 aromatic heterocycles. The van der Waals surface area contributed by atoms with Crippen LogP contribution in [-0.4, -0.2) is 29.9 Å². The Morgan fingerprint density at radius 3 is 2.18 bits per heavy atom. The fraction of sp³-hybridized carbons (Fsp3) is 0.370. The summed E-state index contributed by atoms with van der Waals surface area (Å²) in [5.41, 5.74) is 4.76. The van der Waals surface area contributed by atoms with Crippen LogP contribution in [0.4, 0.5) is 17.2 Å². The SMILES string of the molecule is CCc1ccc(NC(=O)CCC(=O)Nc2ccc3nc(N4CCCCC4)cc(C)c3c2)cc1. The number of pyridine rings is 1. The maximum Gasteiger partial charge on any atom is 0.224 e. The predicted octanol–water partition coefficient (Wildman–Crippen LogP) is 5.45. The lowest BCUT2D eigenvalue weighted by Gasteiger charge is -2.28. The normalized spacial score (nSPS) is 13.7. The highest BCUT2D eigenvalue weighted by Gasteiger charge is 2.14. The first kappa shape index (κ1) is 22.8. The Balaban J connectivity index is 1.34. The number of anilines is 3. The standard InChI is InChI=1S/C27H32N4O2/c1-3-20-7-9-21(10-8-20)28-26(32)13-14-27(33)29-22-11-12-24-23(18-22)19(2)17-25(30-24)31-15-5-4-6-16-31/h7-12,17-18H,3-6,13-16H2,1-2H3,(H,28,32)(H,29,33). The van der Waals surface area contributed by atoms with Crippen molar-refractivity contribution in [3.8, 4) is 0 Å². The van der Waals surface area contributed by atoms with Gasteiger partial charge in [-0.25, -0.2) is 4.98 Å². The molecule has 0 radical (unpaired) electrons. The molecule has 0 aliphatic carbocycles. The van der Waals surface area contributed by atoms with E-state index in [1.54, 1.807) is 0 Å². The van der Waals surface area contributed by atoms with Crippen LogP contribution in [-0.2, 0) is 16.0 Å². The summed E-state index contributed by atoms with van der Waals surface area (Å²) in [6, 6.07) is 15.7. The maximum atomic E-state index is 12.4. The topological polar surface area (TPSA) is 74.3 Å². The van der Waals surface area contributed by atoms with Crippen molar-refractivity contribution in [2.75, 3.05) is 28.6 Å². The summed E-state index contributed by atoms with van der Waals surface area (Å²) >= 11 is 0. The second kappa shape index (κ2) is 10.5. The van der Waals surface area contributed by atoms with Crippen LogP contribution in [0.3, 0.4) is 0 Å². The van der Waals surface area contributed by atoms with E-state index in [0.717, 1.165) is 53.2 Å². The van der Waals surface area contributed by atoms with Crippen molar-refractivity contribution in [3.05, 3.63) is 59.7 Å². The first-order chi connectivity index (χ1) is 16.0. The molecule has 0 spiro atoms. The van der Waals surface area contributed by atoms with E-state index in [1.807, 2.05) is 42.5 Å². The monoisotopic (exact) mass is 444 g/mol. The van der Waals surface area contributed by atoms with Gasteiger partial charge in [0, 0.05) is 42.7 Å². The average Bonchev–Trinajstić information content (AvgIpc) is 2.84. The van der Waals surface area contributed by atoms with Crippen LogP contribution < -0.4 is 15.5 Å². The van der Waals surface area contributed by atoms with Crippen LogP contribution in [0.15, 0.2) is 48.5 Å². The number of benzene rings is 2. The Labute approximate surface area is 195 Å². The molecule has 0 saturated carbocycles. The van der Waals surface area contributed by atoms with Crippen molar-refractivity contribution >= 4 is 39.9 Å². The average molecular weight is 445 g/mol. The molecule has 6 nitrogen and oxygen atoms in total. The molecule has 172 valence electrons. The number of amides is 2. The fourth-order valence-electron chi connectivity index (χ4n) is 4.24. The lowest BCUT2D eigenvalue weighted by molar-refractivity contribution is -0.121. The third kappa shape index (κ3) is 5.89. The van der Waals surface area contributed by atoms with Crippen LogP contribution in [0.25, 0.3) is 10.9 Å². The minimum Gasteiger partial charge on any atom is -0.357 e. The number of hydrogen-bond acceptors (Lipinski definition) is 4. The van der Waals surface area contributed by atoms with Gasteiger partial charge in [0.2, 0.25) is 11.8 Å². The lowest BCUT2D eigenvalue weighted by Crippen LogP contribution is -2.30. The zero-order valence-electron chi connectivity index (χ0n) is 19.5. The second-order valence-corrected chi connectivity index (χ2v) is 8.72. The minimum absolute atomic E-state index is 0.127. The summed E-state index contributed by atoms with van der Waals surface area (Å²) < 4.78 is 0. The van der Waals surface area contributed by atoms with E-state index in [2.05, 4.69) is 35.4 Å². The Bertz CT molecular complexity index is 1130. The summed E-state index contributed by atoms with van der Waals surface area (Å²) in [6.45, 7) is 6.29. The number of aromatic nitrogens is 1. The van der Waals surface area contributed by atoms with Gasteiger partial charge in [0.15, 0.2) is 0 Å². The molecule has 4 rings (SSSR count). The second-order valence-electron chi connectivity index (χ2n) is 8.72. The molecule has 2 amide bonds. The summed E-state index contributed by atoms with van der Waals surface area (Å²) in [5.74, 6) is 0.686. The molecule has 1 aliphatic heterocycles. The third-order valence-electron chi connectivity index (χ3n) is 6.19. The predicted molar refractivity (Wildman–Crippen MR) is 135 cm³/mol. The Morgan fingerprint density at radius 2 is 1.52 bits per heavy atom. The number of piperidine rings is 1. The number of fused-ring (bicyclic) bond motifs is 1. The van der Waals surface area contributed by atoms with Gasteiger partial charge in [-0.3, -0.25) is 9.59 Å². The van der Waals surface area contributed by atoms with Crippen molar-refractivity contribution < 1.29 is 9.59 Å². The number of nitrogens with zero attached hydrogens (tertiary/aromatic N) is 2. The van der Waals surface area contributed by atoms with Crippen LogP contribution in [0.5, 0.6) is 0 Å². The molecule has 1 fully saturated rings. The van der Waals surface area contributed by atoms with Gasteiger partial charge >= 0.3 is 0 Å². The molecular weight excluding hydrogens is 412 g/mol. The van der Waals surface area contributed by atoms with Crippen molar-refractivity contribution in [1.82, 2.24) is 4.98 Å². The van der Waals surface area contributed by atoms with Gasteiger partial charge in [-0.15, -0.1) is 0 Å². The number of rotatable bonds is 7. The molecule has 2 aromatic carbocycles. The van der Waals surface area contributed by atoms with Crippen molar-refractivity contribution in [1.29, 1.82) is 0 Å². The highest BCUT2D eigenvalue weighted by molar-refractivity contribution is 5.98. The molecule has 2 N–H and O–H groups in total. The highest BCUT2D eigenvalue weighted by Crippen LogP contribution is 2.27. The van der Waals surface area contributed by atoms with Gasteiger partial charge in [-0.2, -0.15) is 0 Å². The zero-order chi connectivity index (χ0) is 23.2. The van der Waals surface area contributed by atoms with E-state index in [-0.39, 0.29) is 24.7 Å². The number of aryl methyl sites for hydroxylation is 2. The third-order valence-corrected chi connectivity index (χ3v) is 6.19. The summed E-state index contributed by atoms with van der Waals surface area (Å²) in [4.78, 5) is 31.8. The number of hydrogen-bond donors (Lipinski definition) is 2. The number of nitrogens with one attached hydrogen (secondary N) is 2. The van der Waals surface area contributed by atoms with Crippen LogP contribution in [0, 0.1) is 6.92 Å². The van der Waals surface area contributed by atoms with Gasteiger partial charge < -0.3 is 15.5 Å². The zero-order valence-corrected chi connectivity index (χ0v) is 19.5.